The maximum absolute atomic E-state index is 3.43. The molecular weight excluding hydrogens is 240 g/mol. The van der Waals surface area contributed by atoms with Crippen LogP contribution in [0.3, 0.4) is 0 Å². The van der Waals surface area contributed by atoms with E-state index in [0.29, 0.717) is 0 Å². The fourth-order valence-electron chi connectivity index (χ4n) is 1.50. The monoisotopic (exact) mass is 256 g/mol. The summed E-state index contributed by atoms with van der Waals surface area (Å²) in [6.07, 6.45) is 0. The summed E-state index contributed by atoms with van der Waals surface area (Å²) in [5.74, 6) is 3.36. The van der Waals surface area contributed by atoms with Gasteiger partial charge in [0.25, 0.3) is 0 Å². The fourth-order valence-corrected chi connectivity index (χ4v) is 2.85. The van der Waals surface area contributed by atoms with Gasteiger partial charge < -0.3 is 0 Å². The smallest absolute Gasteiger partial charge is 0.129 e. The second-order valence-corrected chi connectivity index (χ2v) is 10.7. The highest BCUT2D eigenvalue weighted by molar-refractivity contribution is 7.11. The van der Waals surface area contributed by atoms with Crippen LogP contribution >= 0.6 is 11.3 Å². The molecule has 0 unspecified atom stereocenters. The first-order valence-electron chi connectivity index (χ1n) is 5.72. The van der Waals surface area contributed by atoms with Crippen LogP contribution in [0.2, 0.25) is 19.6 Å². The molecule has 0 atom stereocenters. The number of thiophene rings is 1. The Labute approximate surface area is 108 Å². The van der Waals surface area contributed by atoms with E-state index in [9.17, 15) is 0 Å². The zero-order valence-electron chi connectivity index (χ0n) is 10.4. The maximum atomic E-state index is 3.43. The van der Waals surface area contributed by atoms with Crippen LogP contribution in [0.5, 0.6) is 0 Å². The number of hydrogen-bond donors (Lipinski definition) is 0. The Balaban J connectivity index is 2.39. The van der Waals surface area contributed by atoms with Crippen LogP contribution < -0.4 is 0 Å². The predicted octanol–water partition coefficient (Wildman–Crippen LogP) is 4.64. The third-order valence-corrected chi connectivity index (χ3v) is 4.01. The summed E-state index contributed by atoms with van der Waals surface area (Å²) in [7, 11) is -1.29. The van der Waals surface area contributed by atoms with Gasteiger partial charge >= 0.3 is 0 Å². The minimum Gasteiger partial charge on any atom is -0.135 e. The molecule has 2 aromatic rings. The molecule has 17 heavy (non-hydrogen) atoms. The number of hydrogen-bond acceptors (Lipinski definition) is 1. The lowest BCUT2D eigenvalue weighted by atomic mass is 10.1. The van der Waals surface area contributed by atoms with E-state index in [0.717, 1.165) is 0 Å². The molecule has 2 rings (SSSR count). The van der Waals surface area contributed by atoms with Gasteiger partial charge in [-0.25, -0.2) is 0 Å². The Morgan fingerprint density at radius 2 is 1.71 bits per heavy atom. The van der Waals surface area contributed by atoms with Gasteiger partial charge in [0.2, 0.25) is 0 Å². The largest absolute Gasteiger partial charge is 0.135 e. The van der Waals surface area contributed by atoms with E-state index in [4.69, 9.17) is 0 Å². The van der Waals surface area contributed by atoms with Crippen molar-refractivity contribution in [2.45, 2.75) is 19.6 Å². The molecule has 2 heteroatoms. The molecule has 0 fully saturated rings. The highest BCUT2D eigenvalue weighted by Gasteiger charge is 2.09. The third-order valence-electron chi connectivity index (χ3n) is 2.30. The number of benzene rings is 1. The predicted molar refractivity (Wildman–Crippen MR) is 80.0 cm³/mol. The fraction of sp³-hybridized carbons (Fsp3) is 0.200. The zero-order valence-corrected chi connectivity index (χ0v) is 12.3. The van der Waals surface area contributed by atoms with E-state index in [1.807, 2.05) is 6.07 Å². The van der Waals surface area contributed by atoms with Gasteiger partial charge in [0.05, 0.1) is 4.88 Å². The van der Waals surface area contributed by atoms with Crippen LogP contribution in [0, 0.1) is 11.5 Å². The first-order chi connectivity index (χ1) is 8.06. The van der Waals surface area contributed by atoms with Crippen molar-refractivity contribution in [2.75, 3.05) is 0 Å². The lowest BCUT2D eigenvalue weighted by Gasteiger charge is -2.03. The summed E-state index contributed by atoms with van der Waals surface area (Å²) in [5, 5.41) is 2.12. The molecule has 1 aromatic carbocycles. The summed E-state index contributed by atoms with van der Waals surface area (Å²) in [6.45, 7) is 6.82. The molecule has 0 aliphatic rings. The maximum Gasteiger partial charge on any atom is 0.129 e. The lowest BCUT2D eigenvalue weighted by molar-refractivity contribution is 1.66. The van der Waals surface area contributed by atoms with Gasteiger partial charge in [-0.15, -0.1) is 16.9 Å². The first-order valence-corrected chi connectivity index (χ1v) is 10.1. The molecule has 0 aliphatic carbocycles. The second kappa shape index (κ2) is 4.91. The van der Waals surface area contributed by atoms with Gasteiger partial charge in [-0.05, 0) is 17.0 Å². The molecule has 0 radical (unpaired) electrons. The van der Waals surface area contributed by atoms with Crippen molar-refractivity contribution in [2.24, 2.45) is 0 Å². The van der Waals surface area contributed by atoms with Gasteiger partial charge in [0, 0.05) is 5.56 Å². The summed E-state index contributed by atoms with van der Waals surface area (Å²) in [4.78, 5) is 1.19. The third kappa shape index (κ3) is 3.32. The molecule has 0 saturated carbocycles. The lowest BCUT2D eigenvalue weighted by Crippen LogP contribution is -2.16. The van der Waals surface area contributed by atoms with Crippen LogP contribution in [-0.4, -0.2) is 8.07 Å². The van der Waals surface area contributed by atoms with Crippen LogP contribution in [0.25, 0.3) is 11.1 Å². The normalized spacial score (nSPS) is 10.8. The highest BCUT2D eigenvalue weighted by atomic mass is 32.1. The molecule has 0 amide bonds. The van der Waals surface area contributed by atoms with Gasteiger partial charge in [-0.1, -0.05) is 55.9 Å². The summed E-state index contributed by atoms with van der Waals surface area (Å²) in [6, 6.07) is 12.6. The molecule has 0 bridgehead atoms. The van der Waals surface area contributed by atoms with Crippen LogP contribution in [0.4, 0.5) is 0 Å². The van der Waals surface area contributed by atoms with Gasteiger partial charge in [0.1, 0.15) is 8.07 Å². The van der Waals surface area contributed by atoms with Crippen molar-refractivity contribution in [1.29, 1.82) is 0 Å². The van der Waals surface area contributed by atoms with E-state index in [1.165, 1.54) is 16.0 Å². The van der Waals surface area contributed by atoms with Crippen LogP contribution in [0.15, 0.2) is 41.8 Å². The van der Waals surface area contributed by atoms with Crippen molar-refractivity contribution >= 4 is 19.4 Å². The average Bonchev–Trinajstić information content (AvgIpc) is 2.75. The van der Waals surface area contributed by atoms with E-state index in [-0.39, 0.29) is 0 Å². The minimum atomic E-state index is -1.29. The molecule has 0 nitrogen and oxygen atoms in total. The molecule has 0 saturated heterocycles. The van der Waals surface area contributed by atoms with Crippen molar-refractivity contribution < 1.29 is 0 Å². The van der Waals surface area contributed by atoms with E-state index >= 15 is 0 Å². The number of rotatable bonds is 1. The quantitative estimate of drug-likeness (QED) is 0.515. The SMILES string of the molecule is C[Si](C)(C)C#Cc1sccc1-c1ccccc1. The molecule has 1 aromatic heterocycles. The molecule has 0 N–H and O–H groups in total. The van der Waals surface area contributed by atoms with E-state index in [2.05, 4.69) is 66.8 Å². The van der Waals surface area contributed by atoms with Crippen LogP contribution in [-0.2, 0) is 0 Å². The Morgan fingerprint density at radius 1 is 1.00 bits per heavy atom. The Bertz CT molecular complexity index is 550. The van der Waals surface area contributed by atoms with Crippen molar-refractivity contribution in [3.8, 4) is 22.6 Å². The Morgan fingerprint density at radius 3 is 2.35 bits per heavy atom. The zero-order chi connectivity index (χ0) is 12.3. The van der Waals surface area contributed by atoms with Gasteiger partial charge in [-0.3, -0.25) is 0 Å². The second-order valence-electron chi connectivity index (χ2n) is 5.03. The minimum absolute atomic E-state index is 1.19. The molecule has 86 valence electrons. The molecule has 0 spiro atoms. The van der Waals surface area contributed by atoms with Crippen molar-refractivity contribution in [3.63, 3.8) is 0 Å². The van der Waals surface area contributed by atoms with E-state index < -0.39 is 8.07 Å². The van der Waals surface area contributed by atoms with Crippen molar-refractivity contribution in [1.82, 2.24) is 0 Å². The van der Waals surface area contributed by atoms with Crippen molar-refractivity contribution in [3.05, 3.63) is 46.7 Å². The van der Waals surface area contributed by atoms with E-state index in [1.54, 1.807) is 11.3 Å². The van der Waals surface area contributed by atoms with Gasteiger partial charge in [0.15, 0.2) is 0 Å². The summed E-state index contributed by atoms with van der Waals surface area (Å²) < 4.78 is 0. The highest BCUT2D eigenvalue weighted by Crippen LogP contribution is 2.27. The van der Waals surface area contributed by atoms with Gasteiger partial charge in [-0.2, -0.15) is 0 Å². The topological polar surface area (TPSA) is 0 Å². The van der Waals surface area contributed by atoms with Crippen LogP contribution in [0.1, 0.15) is 4.88 Å². The Hall–Kier alpha value is -1.30. The standard InChI is InChI=1S/C15H16SSi/c1-17(2,3)12-10-15-14(9-11-16-15)13-7-5-4-6-8-13/h4-9,11H,1-3H3. The average molecular weight is 256 g/mol. The summed E-state index contributed by atoms with van der Waals surface area (Å²) >= 11 is 1.73. The summed E-state index contributed by atoms with van der Waals surface area (Å²) in [5.41, 5.74) is 5.96. The molecule has 1 heterocycles. The molecular formula is C15H16SSi. The molecule has 0 aliphatic heterocycles. The first kappa shape index (κ1) is 12.2. The Kier molecular flexibility index (Phi) is 3.51.